The Kier molecular flexibility index (Phi) is 3.46. The van der Waals surface area contributed by atoms with Gasteiger partial charge in [-0.1, -0.05) is 19.1 Å². The molecule has 2 aromatic rings. The van der Waals surface area contributed by atoms with E-state index in [2.05, 4.69) is 0 Å². The van der Waals surface area contributed by atoms with Gasteiger partial charge in [-0.3, -0.25) is 0 Å². The lowest BCUT2D eigenvalue weighted by atomic mass is 10.1. The first-order chi connectivity index (χ1) is 8.65. The lowest BCUT2D eigenvalue weighted by Crippen LogP contribution is -2.09. The van der Waals surface area contributed by atoms with E-state index in [0.29, 0.717) is 17.8 Å². The van der Waals surface area contributed by atoms with Crippen LogP contribution in [0, 0.1) is 5.82 Å². The number of nitrogens with zero attached hydrogens (tertiary/aromatic N) is 1. The highest BCUT2D eigenvalue weighted by Gasteiger charge is 2.16. The second kappa shape index (κ2) is 5.04. The molecule has 0 bridgehead atoms. The van der Waals surface area contributed by atoms with Gasteiger partial charge in [-0.05, 0) is 30.7 Å². The summed E-state index contributed by atoms with van der Waals surface area (Å²) >= 11 is 0. The molecule has 0 aliphatic carbocycles. The van der Waals surface area contributed by atoms with Gasteiger partial charge in [0.1, 0.15) is 11.5 Å². The van der Waals surface area contributed by atoms with Gasteiger partial charge < -0.3 is 9.67 Å². The third kappa shape index (κ3) is 2.14. The minimum absolute atomic E-state index is 0.190. The Morgan fingerprint density at radius 1 is 1.28 bits per heavy atom. The van der Waals surface area contributed by atoms with E-state index in [9.17, 15) is 9.18 Å². The van der Waals surface area contributed by atoms with Crippen LogP contribution >= 0.6 is 0 Å². The summed E-state index contributed by atoms with van der Waals surface area (Å²) in [4.78, 5) is 11.1. The zero-order valence-electron chi connectivity index (χ0n) is 10.1. The minimum atomic E-state index is -0.994. The number of carboxylic acids is 1. The first-order valence-electron chi connectivity index (χ1n) is 5.83. The molecule has 2 rings (SSSR count). The largest absolute Gasteiger partial charge is 0.477 e. The molecule has 0 saturated carbocycles. The van der Waals surface area contributed by atoms with Crippen molar-refractivity contribution in [1.29, 1.82) is 0 Å². The number of benzene rings is 1. The molecule has 1 heterocycles. The molecule has 0 fully saturated rings. The highest BCUT2D eigenvalue weighted by molar-refractivity contribution is 5.87. The molecule has 0 radical (unpaired) electrons. The summed E-state index contributed by atoms with van der Waals surface area (Å²) < 4.78 is 15.4. The molecule has 3 nitrogen and oxygen atoms in total. The van der Waals surface area contributed by atoms with Gasteiger partial charge in [-0.2, -0.15) is 0 Å². The van der Waals surface area contributed by atoms with Crippen molar-refractivity contribution >= 4 is 5.97 Å². The molecule has 1 aromatic carbocycles. The molecule has 0 aliphatic heterocycles. The fourth-order valence-electron chi connectivity index (χ4n) is 2.02. The zero-order chi connectivity index (χ0) is 13.1. The number of aromatic nitrogens is 1. The van der Waals surface area contributed by atoms with Crippen LogP contribution in [0.3, 0.4) is 0 Å². The smallest absolute Gasteiger partial charge is 0.352 e. The molecule has 4 heteroatoms. The van der Waals surface area contributed by atoms with Crippen molar-refractivity contribution in [1.82, 2.24) is 4.57 Å². The van der Waals surface area contributed by atoms with Gasteiger partial charge in [0.25, 0.3) is 0 Å². The summed E-state index contributed by atoms with van der Waals surface area (Å²) in [5, 5.41) is 9.11. The molecule has 0 saturated heterocycles. The number of aromatic carboxylic acids is 1. The number of carboxylic acid groups (broad SMARTS) is 1. The van der Waals surface area contributed by atoms with Crippen molar-refractivity contribution < 1.29 is 14.3 Å². The number of rotatable bonds is 4. The summed E-state index contributed by atoms with van der Waals surface area (Å²) in [6.45, 7) is 2.51. The Labute approximate surface area is 104 Å². The fourth-order valence-corrected chi connectivity index (χ4v) is 2.02. The van der Waals surface area contributed by atoms with Crippen LogP contribution in [0.1, 0.15) is 23.8 Å². The highest BCUT2D eigenvalue weighted by Crippen LogP contribution is 2.25. The van der Waals surface area contributed by atoms with Crippen molar-refractivity contribution in [3.05, 3.63) is 47.9 Å². The molecule has 0 unspecified atom stereocenters. The normalized spacial score (nSPS) is 10.6. The van der Waals surface area contributed by atoms with Crippen LogP contribution in [0.4, 0.5) is 4.39 Å². The van der Waals surface area contributed by atoms with Crippen LogP contribution in [0.5, 0.6) is 0 Å². The Morgan fingerprint density at radius 3 is 2.61 bits per heavy atom. The van der Waals surface area contributed by atoms with Gasteiger partial charge >= 0.3 is 5.97 Å². The third-order valence-electron chi connectivity index (χ3n) is 2.80. The van der Waals surface area contributed by atoms with Crippen molar-refractivity contribution in [2.45, 2.75) is 19.9 Å². The summed E-state index contributed by atoms with van der Waals surface area (Å²) in [5.74, 6) is -1.34. The van der Waals surface area contributed by atoms with Crippen LogP contribution in [0.15, 0.2) is 36.4 Å². The van der Waals surface area contributed by atoms with Gasteiger partial charge in [0, 0.05) is 12.1 Å². The van der Waals surface area contributed by atoms with Crippen molar-refractivity contribution in [3.8, 4) is 11.3 Å². The van der Waals surface area contributed by atoms with Gasteiger partial charge in [-0.25, -0.2) is 9.18 Å². The predicted octanol–water partition coefficient (Wildman–Crippen LogP) is 3.40. The van der Waals surface area contributed by atoms with Crippen molar-refractivity contribution in [2.75, 3.05) is 0 Å². The highest BCUT2D eigenvalue weighted by atomic mass is 19.1. The van der Waals surface area contributed by atoms with E-state index in [1.807, 2.05) is 6.92 Å². The number of halogens is 1. The SMILES string of the molecule is CCCn1c(C(=O)O)ccc1-c1ccccc1F. The molecule has 0 amide bonds. The quantitative estimate of drug-likeness (QED) is 0.899. The van der Waals surface area contributed by atoms with Gasteiger partial charge in [0.2, 0.25) is 0 Å². The second-order valence-corrected chi connectivity index (χ2v) is 4.04. The van der Waals surface area contributed by atoms with Crippen LogP contribution in [-0.2, 0) is 6.54 Å². The fraction of sp³-hybridized carbons (Fsp3) is 0.214. The Hall–Kier alpha value is -2.10. The van der Waals surface area contributed by atoms with E-state index < -0.39 is 5.97 Å². The maximum atomic E-state index is 13.7. The Morgan fingerprint density at radius 2 is 2.00 bits per heavy atom. The zero-order valence-corrected chi connectivity index (χ0v) is 10.1. The lowest BCUT2D eigenvalue weighted by molar-refractivity contribution is 0.0685. The number of carbonyl (C=O) groups is 1. The first kappa shape index (κ1) is 12.4. The van der Waals surface area contributed by atoms with Crippen LogP contribution in [-0.4, -0.2) is 15.6 Å². The van der Waals surface area contributed by atoms with Crippen molar-refractivity contribution in [3.63, 3.8) is 0 Å². The summed E-state index contributed by atoms with van der Waals surface area (Å²) in [5.41, 5.74) is 1.22. The van der Waals surface area contributed by atoms with Gasteiger partial charge in [0.15, 0.2) is 0 Å². The first-order valence-corrected chi connectivity index (χ1v) is 5.83. The number of hydrogen-bond donors (Lipinski definition) is 1. The minimum Gasteiger partial charge on any atom is -0.477 e. The van der Waals surface area contributed by atoms with Crippen LogP contribution in [0.25, 0.3) is 11.3 Å². The van der Waals surface area contributed by atoms with E-state index in [1.165, 1.54) is 12.1 Å². The van der Waals surface area contributed by atoms with E-state index in [-0.39, 0.29) is 11.5 Å². The van der Waals surface area contributed by atoms with Gasteiger partial charge in [-0.15, -0.1) is 0 Å². The van der Waals surface area contributed by atoms with E-state index >= 15 is 0 Å². The second-order valence-electron chi connectivity index (χ2n) is 4.04. The van der Waals surface area contributed by atoms with Crippen LogP contribution < -0.4 is 0 Å². The molecule has 0 aliphatic rings. The standard InChI is InChI=1S/C14H14FNO2/c1-2-9-16-12(7-8-13(16)14(17)18)10-5-3-4-6-11(10)15/h3-8H,2,9H2,1H3,(H,17,18). The molecule has 1 N–H and O–H groups in total. The molecular formula is C14H14FNO2. The summed E-state index contributed by atoms with van der Waals surface area (Å²) in [6.07, 6.45) is 0.788. The maximum Gasteiger partial charge on any atom is 0.352 e. The average molecular weight is 247 g/mol. The molecule has 0 spiro atoms. The maximum absolute atomic E-state index is 13.7. The van der Waals surface area contributed by atoms with Crippen LogP contribution in [0.2, 0.25) is 0 Å². The Bertz CT molecular complexity index is 575. The topological polar surface area (TPSA) is 42.2 Å². The van der Waals surface area contributed by atoms with Gasteiger partial charge in [0.05, 0.1) is 5.69 Å². The predicted molar refractivity (Wildman–Crippen MR) is 67.1 cm³/mol. The molecule has 0 atom stereocenters. The molecule has 18 heavy (non-hydrogen) atoms. The molecule has 94 valence electrons. The third-order valence-corrected chi connectivity index (χ3v) is 2.80. The lowest BCUT2D eigenvalue weighted by Gasteiger charge is -2.11. The molecular weight excluding hydrogens is 233 g/mol. The van der Waals surface area contributed by atoms with E-state index in [0.717, 1.165) is 6.42 Å². The summed E-state index contributed by atoms with van der Waals surface area (Å²) in [7, 11) is 0. The molecule has 1 aromatic heterocycles. The number of hydrogen-bond acceptors (Lipinski definition) is 1. The Balaban J connectivity index is 2.58. The van der Waals surface area contributed by atoms with E-state index in [1.54, 1.807) is 28.8 Å². The van der Waals surface area contributed by atoms with E-state index in [4.69, 9.17) is 5.11 Å². The van der Waals surface area contributed by atoms with Crippen molar-refractivity contribution in [2.24, 2.45) is 0 Å². The summed E-state index contributed by atoms with van der Waals surface area (Å²) in [6, 6.07) is 9.55. The monoisotopic (exact) mass is 247 g/mol. The average Bonchev–Trinajstić information content (AvgIpc) is 2.74.